The summed E-state index contributed by atoms with van der Waals surface area (Å²) in [5, 5.41) is 1.16. The monoisotopic (exact) mass is 328 g/mol. The van der Waals surface area contributed by atoms with Crippen LogP contribution in [0.5, 0.6) is 0 Å². The van der Waals surface area contributed by atoms with E-state index in [1.165, 1.54) is 25.7 Å². The molecule has 1 saturated heterocycles. The van der Waals surface area contributed by atoms with Crippen LogP contribution in [0.25, 0.3) is 0 Å². The minimum Gasteiger partial charge on any atom is -0.375 e. The second kappa shape index (κ2) is 6.43. The number of rotatable bonds is 3. The molecular weight excluding hydrogens is 307 g/mol. The summed E-state index contributed by atoms with van der Waals surface area (Å²) >= 11 is 12.2. The van der Waals surface area contributed by atoms with Crippen molar-refractivity contribution in [1.29, 1.82) is 0 Å². The molecule has 1 aromatic carbocycles. The smallest absolute Gasteiger partial charge is 0.0686 e. The van der Waals surface area contributed by atoms with Crippen LogP contribution >= 0.6 is 23.2 Å². The van der Waals surface area contributed by atoms with Gasteiger partial charge in [-0.1, -0.05) is 42.1 Å². The number of ether oxygens (including phenoxy) is 1. The molecule has 1 spiro atoms. The third-order valence-electron chi connectivity index (χ3n) is 5.00. The van der Waals surface area contributed by atoms with Gasteiger partial charge in [0.2, 0.25) is 0 Å². The van der Waals surface area contributed by atoms with Crippen molar-refractivity contribution < 1.29 is 4.74 Å². The molecule has 2 aliphatic rings. The van der Waals surface area contributed by atoms with Gasteiger partial charge in [0, 0.05) is 12.6 Å². The zero-order chi connectivity index (χ0) is 14.9. The van der Waals surface area contributed by atoms with Crippen LogP contribution in [0.4, 0.5) is 0 Å². The van der Waals surface area contributed by atoms with E-state index in [2.05, 4.69) is 5.43 Å². The fourth-order valence-corrected chi connectivity index (χ4v) is 4.23. The molecule has 1 aliphatic carbocycles. The maximum Gasteiger partial charge on any atom is 0.0686 e. The molecule has 2 fully saturated rings. The van der Waals surface area contributed by atoms with Crippen LogP contribution in [-0.4, -0.2) is 12.2 Å². The Kier molecular flexibility index (Phi) is 4.77. The number of nitrogens with two attached hydrogens (primary N) is 1. The van der Waals surface area contributed by atoms with Gasteiger partial charge in [-0.2, -0.15) is 0 Å². The molecule has 0 aromatic heterocycles. The molecule has 0 bridgehead atoms. The molecule has 3 nitrogen and oxygen atoms in total. The highest BCUT2D eigenvalue weighted by molar-refractivity contribution is 6.42. The van der Waals surface area contributed by atoms with Gasteiger partial charge in [0.05, 0.1) is 15.6 Å². The molecule has 3 rings (SSSR count). The molecule has 5 heteroatoms. The maximum atomic E-state index is 6.15. The highest BCUT2D eigenvalue weighted by Crippen LogP contribution is 2.45. The van der Waals surface area contributed by atoms with Crippen LogP contribution in [0.2, 0.25) is 10.0 Å². The van der Waals surface area contributed by atoms with E-state index in [1.54, 1.807) is 0 Å². The largest absolute Gasteiger partial charge is 0.375 e. The number of nitrogens with one attached hydrogen (secondary N) is 1. The standard InChI is InChI=1S/C16H22Cl2N2O/c17-13-4-3-11(9-14(13)18)15(20-19)12-5-8-21-16(10-12)6-1-2-7-16/h3-4,9,12,15,20H,1-2,5-8,10,19H2. The molecule has 21 heavy (non-hydrogen) atoms. The molecule has 116 valence electrons. The Morgan fingerprint density at radius 1 is 1.24 bits per heavy atom. The number of halogens is 2. The lowest BCUT2D eigenvalue weighted by Crippen LogP contribution is -2.43. The zero-order valence-corrected chi connectivity index (χ0v) is 13.6. The predicted octanol–water partition coefficient (Wildman–Crippen LogP) is 4.24. The second-order valence-electron chi connectivity index (χ2n) is 6.31. The summed E-state index contributed by atoms with van der Waals surface area (Å²) in [4.78, 5) is 0. The Balaban J connectivity index is 1.80. The van der Waals surface area contributed by atoms with Crippen LogP contribution in [0.1, 0.15) is 50.1 Å². The maximum absolute atomic E-state index is 6.15. The molecule has 2 atom stereocenters. The summed E-state index contributed by atoms with van der Waals surface area (Å²) in [6, 6.07) is 5.87. The minimum atomic E-state index is 0.0915. The fourth-order valence-electron chi connectivity index (χ4n) is 3.93. The lowest BCUT2D eigenvalue weighted by molar-refractivity contribution is -0.0982. The molecule has 0 radical (unpaired) electrons. The average molecular weight is 329 g/mol. The van der Waals surface area contributed by atoms with Gasteiger partial charge in [0.1, 0.15) is 0 Å². The van der Waals surface area contributed by atoms with E-state index in [0.29, 0.717) is 16.0 Å². The van der Waals surface area contributed by atoms with E-state index >= 15 is 0 Å². The molecule has 2 unspecified atom stereocenters. The van der Waals surface area contributed by atoms with Crippen molar-refractivity contribution in [3.63, 3.8) is 0 Å². The normalized spacial score (nSPS) is 26.1. The van der Waals surface area contributed by atoms with E-state index < -0.39 is 0 Å². The Hall–Kier alpha value is -0.320. The number of benzene rings is 1. The fraction of sp³-hybridized carbons (Fsp3) is 0.625. The van der Waals surface area contributed by atoms with Gasteiger partial charge in [-0.3, -0.25) is 11.3 Å². The topological polar surface area (TPSA) is 47.3 Å². The third-order valence-corrected chi connectivity index (χ3v) is 5.74. The van der Waals surface area contributed by atoms with Gasteiger partial charge >= 0.3 is 0 Å². The first-order chi connectivity index (χ1) is 10.1. The summed E-state index contributed by atoms with van der Waals surface area (Å²) in [6.07, 6.45) is 7.02. The molecule has 1 aromatic rings. The first-order valence-corrected chi connectivity index (χ1v) is 8.44. The lowest BCUT2D eigenvalue weighted by Gasteiger charge is -2.41. The van der Waals surface area contributed by atoms with Gasteiger partial charge in [-0.05, 0) is 49.3 Å². The van der Waals surface area contributed by atoms with Gasteiger partial charge in [0.25, 0.3) is 0 Å². The summed E-state index contributed by atoms with van der Waals surface area (Å²) < 4.78 is 6.11. The van der Waals surface area contributed by atoms with Crippen molar-refractivity contribution in [3.05, 3.63) is 33.8 Å². The van der Waals surface area contributed by atoms with Crippen molar-refractivity contribution in [2.24, 2.45) is 11.8 Å². The summed E-state index contributed by atoms with van der Waals surface area (Å²) in [5.41, 5.74) is 4.18. The van der Waals surface area contributed by atoms with Crippen molar-refractivity contribution in [3.8, 4) is 0 Å². The van der Waals surface area contributed by atoms with Crippen LogP contribution in [0.15, 0.2) is 18.2 Å². The predicted molar refractivity (Wildman–Crippen MR) is 86.4 cm³/mol. The van der Waals surface area contributed by atoms with Crippen molar-refractivity contribution in [2.75, 3.05) is 6.61 Å². The third kappa shape index (κ3) is 3.22. The van der Waals surface area contributed by atoms with Gasteiger partial charge in [-0.15, -0.1) is 0 Å². The first-order valence-electron chi connectivity index (χ1n) is 7.69. The van der Waals surface area contributed by atoms with Crippen LogP contribution in [0.3, 0.4) is 0 Å². The van der Waals surface area contributed by atoms with E-state index in [0.717, 1.165) is 25.0 Å². The highest BCUT2D eigenvalue weighted by atomic mass is 35.5. The molecule has 0 amide bonds. The van der Waals surface area contributed by atoms with E-state index in [9.17, 15) is 0 Å². The summed E-state index contributed by atoms with van der Waals surface area (Å²) in [5.74, 6) is 6.32. The van der Waals surface area contributed by atoms with Gasteiger partial charge < -0.3 is 4.74 Å². The van der Waals surface area contributed by atoms with E-state index in [-0.39, 0.29) is 11.6 Å². The zero-order valence-electron chi connectivity index (χ0n) is 12.1. The van der Waals surface area contributed by atoms with Crippen molar-refractivity contribution in [1.82, 2.24) is 5.43 Å². The van der Waals surface area contributed by atoms with Gasteiger partial charge in [-0.25, -0.2) is 0 Å². The van der Waals surface area contributed by atoms with Crippen LogP contribution in [0, 0.1) is 5.92 Å². The Morgan fingerprint density at radius 3 is 2.67 bits per heavy atom. The lowest BCUT2D eigenvalue weighted by atomic mass is 9.79. The minimum absolute atomic E-state index is 0.0915. The quantitative estimate of drug-likeness (QED) is 0.644. The SMILES string of the molecule is NNC(c1ccc(Cl)c(Cl)c1)C1CCOC2(CCCC2)C1. The molecule has 1 aliphatic heterocycles. The number of hydrogen-bond acceptors (Lipinski definition) is 3. The summed E-state index contributed by atoms with van der Waals surface area (Å²) in [7, 11) is 0. The van der Waals surface area contributed by atoms with Crippen LogP contribution in [-0.2, 0) is 4.74 Å². The Morgan fingerprint density at radius 2 is 2.00 bits per heavy atom. The van der Waals surface area contributed by atoms with Crippen molar-refractivity contribution in [2.45, 2.75) is 50.2 Å². The van der Waals surface area contributed by atoms with Crippen molar-refractivity contribution >= 4 is 23.2 Å². The molecule has 1 heterocycles. The average Bonchev–Trinajstić information content (AvgIpc) is 2.91. The number of hydrogen-bond donors (Lipinski definition) is 2. The molecule has 3 N–H and O–H groups in total. The second-order valence-corrected chi connectivity index (χ2v) is 7.12. The Labute approximate surface area is 136 Å². The van der Waals surface area contributed by atoms with Crippen LogP contribution < -0.4 is 11.3 Å². The highest BCUT2D eigenvalue weighted by Gasteiger charge is 2.42. The molecular formula is C16H22Cl2N2O. The Bertz CT molecular complexity index is 503. The van der Waals surface area contributed by atoms with E-state index in [4.69, 9.17) is 33.8 Å². The number of hydrazine groups is 1. The first kappa shape index (κ1) is 15.6. The molecule has 1 saturated carbocycles. The van der Waals surface area contributed by atoms with Gasteiger partial charge in [0.15, 0.2) is 0 Å². The summed E-state index contributed by atoms with van der Waals surface area (Å²) in [6.45, 7) is 0.824. The van der Waals surface area contributed by atoms with E-state index in [1.807, 2.05) is 18.2 Å².